The number of likely N-dealkylation sites (tertiary alicyclic amines) is 1. The van der Waals surface area contributed by atoms with Crippen LogP contribution >= 0.6 is 0 Å². The first kappa shape index (κ1) is 18.8. The number of hydrogen-bond acceptors (Lipinski definition) is 5. The molecule has 2 aromatic rings. The zero-order chi connectivity index (χ0) is 19.7. The molecule has 2 aliphatic rings. The minimum atomic E-state index is 0.162. The van der Waals surface area contributed by atoms with Crippen molar-refractivity contribution in [2.24, 2.45) is 5.41 Å². The second-order valence-electron chi connectivity index (χ2n) is 8.53. The van der Waals surface area contributed by atoms with E-state index in [2.05, 4.69) is 45.8 Å². The Morgan fingerprint density at radius 1 is 1.00 bits per heavy atom. The van der Waals surface area contributed by atoms with Crippen LogP contribution in [-0.4, -0.2) is 45.4 Å². The Bertz CT molecular complexity index is 845. The van der Waals surface area contributed by atoms with Crippen LogP contribution in [0.1, 0.15) is 48.5 Å². The Labute approximate surface area is 167 Å². The third-order valence-corrected chi connectivity index (χ3v) is 6.03. The Hall–Kier alpha value is -2.50. The zero-order valence-corrected chi connectivity index (χ0v) is 17.1. The van der Waals surface area contributed by atoms with E-state index in [1.807, 2.05) is 11.8 Å². The SMILES string of the molecule is Cc1cnc(CN2C[C@]3(CCCN(c4cc(C)nc(C)c4)C3)CCC2=O)cn1. The molecule has 0 unspecified atom stereocenters. The number of aromatic nitrogens is 3. The van der Waals surface area contributed by atoms with E-state index in [4.69, 9.17) is 0 Å². The molecule has 0 saturated carbocycles. The molecule has 0 aliphatic carbocycles. The summed E-state index contributed by atoms with van der Waals surface area (Å²) >= 11 is 0. The first-order valence-electron chi connectivity index (χ1n) is 10.2. The highest BCUT2D eigenvalue weighted by Crippen LogP contribution is 2.40. The maximum Gasteiger partial charge on any atom is 0.222 e. The fourth-order valence-electron chi connectivity index (χ4n) is 4.70. The molecule has 2 saturated heterocycles. The van der Waals surface area contributed by atoms with Crippen molar-refractivity contribution in [1.82, 2.24) is 19.9 Å². The quantitative estimate of drug-likeness (QED) is 0.819. The van der Waals surface area contributed by atoms with Gasteiger partial charge in [-0.3, -0.25) is 19.7 Å². The number of piperidine rings is 2. The molecule has 0 radical (unpaired) electrons. The summed E-state index contributed by atoms with van der Waals surface area (Å²) in [6.07, 6.45) is 7.50. The van der Waals surface area contributed by atoms with E-state index in [1.54, 1.807) is 12.4 Å². The molecular weight excluding hydrogens is 350 g/mol. The summed E-state index contributed by atoms with van der Waals surface area (Å²) < 4.78 is 0. The molecule has 4 heterocycles. The van der Waals surface area contributed by atoms with Gasteiger partial charge >= 0.3 is 0 Å². The van der Waals surface area contributed by atoms with E-state index in [1.165, 1.54) is 12.1 Å². The van der Waals surface area contributed by atoms with Gasteiger partial charge in [0.1, 0.15) is 0 Å². The van der Waals surface area contributed by atoms with Crippen molar-refractivity contribution in [1.29, 1.82) is 0 Å². The van der Waals surface area contributed by atoms with Crippen LogP contribution in [0.5, 0.6) is 0 Å². The largest absolute Gasteiger partial charge is 0.371 e. The molecule has 1 amide bonds. The highest BCUT2D eigenvalue weighted by Gasteiger charge is 2.42. The number of carbonyl (C=O) groups excluding carboxylic acids is 1. The fourth-order valence-corrected chi connectivity index (χ4v) is 4.70. The first-order chi connectivity index (χ1) is 13.4. The van der Waals surface area contributed by atoms with Crippen LogP contribution in [0.15, 0.2) is 24.5 Å². The number of aryl methyl sites for hydroxylation is 3. The van der Waals surface area contributed by atoms with E-state index in [-0.39, 0.29) is 11.3 Å². The summed E-state index contributed by atoms with van der Waals surface area (Å²) in [7, 11) is 0. The van der Waals surface area contributed by atoms with Gasteiger partial charge in [0.15, 0.2) is 0 Å². The maximum atomic E-state index is 12.6. The number of anilines is 1. The van der Waals surface area contributed by atoms with Crippen LogP contribution in [0.4, 0.5) is 5.69 Å². The molecule has 1 spiro atoms. The predicted molar refractivity (Wildman–Crippen MR) is 109 cm³/mol. The van der Waals surface area contributed by atoms with Gasteiger partial charge in [-0.25, -0.2) is 0 Å². The Morgan fingerprint density at radius 3 is 2.50 bits per heavy atom. The Balaban J connectivity index is 1.51. The molecule has 0 aromatic carbocycles. The molecular formula is C22H29N5O. The zero-order valence-electron chi connectivity index (χ0n) is 17.1. The minimum Gasteiger partial charge on any atom is -0.371 e. The van der Waals surface area contributed by atoms with Gasteiger partial charge in [0, 0.05) is 54.7 Å². The topological polar surface area (TPSA) is 62.2 Å². The van der Waals surface area contributed by atoms with E-state index in [0.29, 0.717) is 13.0 Å². The van der Waals surface area contributed by atoms with Crippen LogP contribution in [0, 0.1) is 26.2 Å². The summed E-state index contributed by atoms with van der Waals surface area (Å²) in [4.78, 5) is 30.4. The molecule has 0 N–H and O–H groups in total. The van der Waals surface area contributed by atoms with Gasteiger partial charge in [-0.2, -0.15) is 0 Å². The third kappa shape index (κ3) is 4.01. The van der Waals surface area contributed by atoms with Gasteiger partial charge in [-0.1, -0.05) is 0 Å². The molecule has 2 fully saturated rings. The maximum absolute atomic E-state index is 12.6. The lowest BCUT2D eigenvalue weighted by Gasteiger charge is -2.49. The fraction of sp³-hybridized carbons (Fsp3) is 0.545. The summed E-state index contributed by atoms with van der Waals surface area (Å²) in [5, 5.41) is 0. The molecule has 4 rings (SSSR count). The monoisotopic (exact) mass is 379 g/mol. The van der Waals surface area contributed by atoms with Crippen molar-refractivity contribution in [3.8, 4) is 0 Å². The van der Waals surface area contributed by atoms with Crippen LogP contribution in [0.25, 0.3) is 0 Å². The average molecular weight is 380 g/mol. The summed E-state index contributed by atoms with van der Waals surface area (Å²) in [6.45, 7) is 9.47. The van der Waals surface area contributed by atoms with Crippen LogP contribution in [0.3, 0.4) is 0 Å². The van der Waals surface area contributed by atoms with Gasteiger partial charge in [0.25, 0.3) is 0 Å². The lowest BCUT2D eigenvalue weighted by Crippen LogP contribution is -2.54. The molecule has 148 valence electrons. The number of rotatable bonds is 3. The minimum absolute atomic E-state index is 0.162. The number of nitrogens with zero attached hydrogens (tertiary/aromatic N) is 5. The first-order valence-corrected chi connectivity index (χ1v) is 10.2. The second-order valence-corrected chi connectivity index (χ2v) is 8.53. The van der Waals surface area contributed by atoms with Gasteiger partial charge < -0.3 is 9.80 Å². The number of carbonyl (C=O) groups is 1. The highest BCUT2D eigenvalue weighted by molar-refractivity contribution is 5.77. The molecule has 1 atom stereocenters. The molecule has 0 bridgehead atoms. The smallest absolute Gasteiger partial charge is 0.222 e. The number of hydrogen-bond donors (Lipinski definition) is 0. The Morgan fingerprint density at radius 2 is 1.79 bits per heavy atom. The average Bonchev–Trinajstić information content (AvgIpc) is 2.66. The van der Waals surface area contributed by atoms with Gasteiger partial charge in [-0.05, 0) is 52.2 Å². The Kier molecular flexibility index (Phi) is 5.04. The van der Waals surface area contributed by atoms with Crippen molar-refractivity contribution >= 4 is 11.6 Å². The normalized spacial score (nSPS) is 22.8. The molecule has 2 aromatic heterocycles. The predicted octanol–water partition coefficient (Wildman–Crippen LogP) is 3.21. The van der Waals surface area contributed by atoms with E-state index >= 15 is 0 Å². The highest BCUT2D eigenvalue weighted by atomic mass is 16.2. The van der Waals surface area contributed by atoms with Crippen LogP contribution in [0.2, 0.25) is 0 Å². The standard InChI is InChI=1S/C22H29N5O/c1-16-9-20(10-17(2)25-16)26-8-4-6-22(14-26)7-5-21(28)27(15-22)13-19-12-23-18(3)11-24-19/h9-12H,4-8,13-15H2,1-3H3/t22-/m1/s1. The van der Waals surface area contributed by atoms with Crippen molar-refractivity contribution in [2.45, 2.75) is 53.0 Å². The van der Waals surface area contributed by atoms with E-state index < -0.39 is 0 Å². The second kappa shape index (κ2) is 7.49. The lowest BCUT2D eigenvalue weighted by atomic mass is 9.73. The molecule has 2 aliphatic heterocycles. The molecule has 6 nitrogen and oxygen atoms in total. The van der Waals surface area contributed by atoms with Crippen molar-refractivity contribution in [2.75, 3.05) is 24.5 Å². The summed E-state index contributed by atoms with van der Waals surface area (Å²) in [6, 6.07) is 4.36. The van der Waals surface area contributed by atoms with Crippen LogP contribution < -0.4 is 4.90 Å². The molecule has 28 heavy (non-hydrogen) atoms. The summed E-state index contributed by atoms with van der Waals surface area (Å²) in [5.41, 5.74) is 5.31. The van der Waals surface area contributed by atoms with Crippen molar-refractivity contribution < 1.29 is 4.79 Å². The third-order valence-electron chi connectivity index (χ3n) is 6.03. The number of pyridine rings is 1. The van der Waals surface area contributed by atoms with E-state index in [9.17, 15) is 4.79 Å². The van der Waals surface area contributed by atoms with Crippen molar-refractivity contribution in [3.63, 3.8) is 0 Å². The summed E-state index contributed by atoms with van der Waals surface area (Å²) in [5.74, 6) is 0.237. The lowest BCUT2D eigenvalue weighted by molar-refractivity contribution is -0.138. The van der Waals surface area contributed by atoms with Crippen LogP contribution in [-0.2, 0) is 11.3 Å². The van der Waals surface area contributed by atoms with E-state index in [0.717, 1.165) is 55.3 Å². The number of amides is 1. The van der Waals surface area contributed by atoms with Crippen molar-refractivity contribution in [3.05, 3.63) is 47.3 Å². The van der Waals surface area contributed by atoms with Gasteiger partial charge in [0.05, 0.1) is 24.1 Å². The van der Waals surface area contributed by atoms with Gasteiger partial charge in [0.2, 0.25) is 5.91 Å². The van der Waals surface area contributed by atoms with Gasteiger partial charge in [-0.15, -0.1) is 0 Å². The molecule has 6 heteroatoms.